The standard InChI is InChI=1S/C19H22N4O6S/c1-29-18-7-6-14(30(27,28)22-10-4-2-3-5-11-22)12-15(18)19(24)21-16-8-9-20-13-17(16)23(25)26/h6-9,12-13H,2-5,10-11H2,1H3,(H,20,21,24). The second kappa shape index (κ2) is 9.18. The number of ether oxygens (including phenoxy) is 1. The molecule has 0 spiro atoms. The van der Waals surface area contributed by atoms with Gasteiger partial charge in [0.1, 0.15) is 17.6 Å². The number of sulfonamides is 1. The van der Waals surface area contributed by atoms with E-state index in [1.165, 1.54) is 41.9 Å². The number of hydrogen-bond donors (Lipinski definition) is 1. The Labute approximate surface area is 174 Å². The molecule has 0 saturated carbocycles. The molecule has 10 nitrogen and oxygen atoms in total. The summed E-state index contributed by atoms with van der Waals surface area (Å²) in [6.45, 7) is 0.859. The van der Waals surface area contributed by atoms with Crippen LogP contribution in [0.5, 0.6) is 5.75 Å². The van der Waals surface area contributed by atoms with Crippen molar-refractivity contribution in [3.8, 4) is 5.75 Å². The summed E-state index contributed by atoms with van der Waals surface area (Å²) in [5.41, 5.74) is -0.472. The van der Waals surface area contributed by atoms with Crippen molar-refractivity contribution in [2.45, 2.75) is 30.6 Å². The molecule has 1 aliphatic heterocycles. The predicted octanol–water partition coefficient (Wildman–Crippen LogP) is 2.82. The molecule has 2 aromatic rings. The molecular weight excluding hydrogens is 412 g/mol. The van der Waals surface area contributed by atoms with Crippen LogP contribution in [0.2, 0.25) is 0 Å². The van der Waals surface area contributed by atoms with Gasteiger partial charge in [0.15, 0.2) is 0 Å². The first-order chi connectivity index (χ1) is 14.3. The van der Waals surface area contributed by atoms with Crippen LogP contribution in [-0.2, 0) is 10.0 Å². The van der Waals surface area contributed by atoms with E-state index >= 15 is 0 Å². The van der Waals surface area contributed by atoms with Crippen LogP contribution < -0.4 is 10.1 Å². The largest absolute Gasteiger partial charge is 0.496 e. The zero-order chi connectivity index (χ0) is 21.7. The number of aromatic nitrogens is 1. The molecular formula is C19H22N4O6S. The molecule has 3 rings (SSSR count). The van der Waals surface area contributed by atoms with E-state index in [9.17, 15) is 23.3 Å². The number of hydrogen-bond acceptors (Lipinski definition) is 7. The van der Waals surface area contributed by atoms with Crippen molar-refractivity contribution in [2.24, 2.45) is 0 Å². The normalized spacial score (nSPS) is 15.2. The zero-order valence-electron chi connectivity index (χ0n) is 16.4. The van der Waals surface area contributed by atoms with Gasteiger partial charge in [-0.3, -0.25) is 19.9 Å². The lowest BCUT2D eigenvalue weighted by molar-refractivity contribution is -0.384. The van der Waals surface area contributed by atoms with Crippen LogP contribution in [0, 0.1) is 10.1 Å². The third-order valence-corrected chi connectivity index (χ3v) is 6.76. The second-order valence-corrected chi connectivity index (χ2v) is 8.72. The monoisotopic (exact) mass is 434 g/mol. The first kappa shape index (κ1) is 21.7. The molecule has 2 heterocycles. The maximum absolute atomic E-state index is 13.1. The molecule has 1 aliphatic rings. The van der Waals surface area contributed by atoms with Crippen molar-refractivity contribution in [1.82, 2.24) is 9.29 Å². The molecule has 1 saturated heterocycles. The first-order valence-electron chi connectivity index (χ1n) is 9.42. The van der Waals surface area contributed by atoms with E-state index in [4.69, 9.17) is 4.74 Å². The molecule has 30 heavy (non-hydrogen) atoms. The molecule has 0 bridgehead atoms. The van der Waals surface area contributed by atoms with Crippen LogP contribution in [-0.4, -0.2) is 48.7 Å². The topological polar surface area (TPSA) is 132 Å². The minimum absolute atomic E-state index is 0.0282. The Morgan fingerprint density at radius 1 is 1.20 bits per heavy atom. The molecule has 1 aromatic heterocycles. The lowest BCUT2D eigenvalue weighted by Crippen LogP contribution is -2.32. The summed E-state index contributed by atoms with van der Waals surface area (Å²) in [4.78, 5) is 27.0. The van der Waals surface area contributed by atoms with Crippen molar-refractivity contribution < 1.29 is 22.9 Å². The third-order valence-electron chi connectivity index (χ3n) is 4.86. The van der Waals surface area contributed by atoms with Gasteiger partial charge in [0.2, 0.25) is 10.0 Å². The summed E-state index contributed by atoms with van der Waals surface area (Å²) in [5, 5.41) is 13.6. The lowest BCUT2D eigenvalue weighted by atomic mass is 10.2. The molecule has 0 unspecified atom stereocenters. The fraction of sp³-hybridized carbons (Fsp3) is 0.368. The summed E-state index contributed by atoms with van der Waals surface area (Å²) in [6, 6.07) is 5.33. The molecule has 1 aromatic carbocycles. The highest BCUT2D eigenvalue weighted by Gasteiger charge is 2.27. The van der Waals surface area contributed by atoms with Gasteiger partial charge in [-0.2, -0.15) is 4.31 Å². The van der Waals surface area contributed by atoms with E-state index in [-0.39, 0.29) is 27.6 Å². The van der Waals surface area contributed by atoms with Crippen LogP contribution in [0.3, 0.4) is 0 Å². The van der Waals surface area contributed by atoms with E-state index in [2.05, 4.69) is 10.3 Å². The quantitative estimate of drug-likeness (QED) is 0.546. The maximum atomic E-state index is 13.1. The number of rotatable bonds is 6. The Morgan fingerprint density at radius 3 is 2.53 bits per heavy atom. The zero-order valence-corrected chi connectivity index (χ0v) is 17.2. The van der Waals surface area contributed by atoms with Crippen molar-refractivity contribution in [3.05, 3.63) is 52.3 Å². The minimum Gasteiger partial charge on any atom is -0.496 e. The number of pyridine rings is 1. The Kier molecular flexibility index (Phi) is 6.63. The highest BCUT2D eigenvalue weighted by Crippen LogP contribution is 2.28. The maximum Gasteiger partial charge on any atom is 0.310 e. The number of carbonyl (C=O) groups is 1. The molecule has 160 valence electrons. The van der Waals surface area contributed by atoms with Crippen molar-refractivity contribution in [3.63, 3.8) is 0 Å². The first-order valence-corrected chi connectivity index (χ1v) is 10.9. The third kappa shape index (κ3) is 4.57. The van der Waals surface area contributed by atoms with Crippen LogP contribution in [0.4, 0.5) is 11.4 Å². The van der Waals surface area contributed by atoms with Gasteiger partial charge < -0.3 is 10.1 Å². The van der Waals surface area contributed by atoms with E-state index in [1.54, 1.807) is 0 Å². The van der Waals surface area contributed by atoms with Crippen LogP contribution in [0.15, 0.2) is 41.6 Å². The number of anilines is 1. The van der Waals surface area contributed by atoms with Crippen molar-refractivity contribution in [2.75, 3.05) is 25.5 Å². The van der Waals surface area contributed by atoms with Gasteiger partial charge in [0.25, 0.3) is 5.91 Å². The van der Waals surface area contributed by atoms with Crippen LogP contribution in [0.1, 0.15) is 36.0 Å². The Hall–Kier alpha value is -3.05. The number of carbonyl (C=O) groups excluding carboxylic acids is 1. The molecule has 1 amide bonds. The highest BCUT2D eigenvalue weighted by atomic mass is 32.2. The Bertz CT molecular complexity index is 1050. The number of nitrogens with zero attached hydrogens (tertiary/aromatic N) is 3. The Balaban J connectivity index is 1.95. The summed E-state index contributed by atoms with van der Waals surface area (Å²) < 4.78 is 32.8. The van der Waals surface area contributed by atoms with Crippen LogP contribution in [0.25, 0.3) is 0 Å². The molecule has 1 fully saturated rings. The summed E-state index contributed by atoms with van der Waals surface area (Å²) in [7, 11) is -2.43. The fourth-order valence-corrected chi connectivity index (χ4v) is 4.83. The lowest BCUT2D eigenvalue weighted by Gasteiger charge is -2.20. The average molecular weight is 434 g/mol. The van der Waals surface area contributed by atoms with Gasteiger partial charge in [0.05, 0.1) is 22.5 Å². The van der Waals surface area contributed by atoms with E-state index in [1.807, 2.05) is 0 Å². The number of benzene rings is 1. The average Bonchev–Trinajstić information content (AvgIpc) is 3.03. The van der Waals surface area contributed by atoms with Gasteiger partial charge in [-0.1, -0.05) is 12.8 Å². The molecule has 0 aliphatic carbocycles. The number of nitro groups is 1. The van der Waals surface area contributed by atoms with Gasteiger partial charge in [-0.15, -0.1) is 0 Å². The summed E-state index contributed by atoms with van der Waals surface area (Å²) >= 11 is 0. The molecule has 0 atom stereocenters. The Morgan fingerprint density at radius 2 is 1.90 bits per heavy atom. The van der Waals surface area contributed by atoms with E-state index in [0.717, 1.165) is 31.9 Å². The summed E-state index contributed by atoms with van der Waals surface area (Å²) in [6.07, 6.45) is 5.86. The fourth-order valence-electron chi connectivity index (χ4n) is 3.28. The predicted molar refractivity (Wildman–Crippen MR) is 109 cm³/mol. The smallest absolute Gasteiger partial charge is 0.310 e. The minimum atomic E-state index is -3.78. The van der Waals surface area contributed by atoms with Crippen LogP contribution >= 0.6 is 0 Å². The molecule has 1 N–H and O–H groups in total. The SMILES string of the molecule is COc1ccc(S(=O)(=O)N2CCCCCC2)cc1C(=O)Nc1ccncc1[N+](=O)[O-]. The number of amides is 1. The van der Waals surface area contributed by atoms with E-state index in [0.29, 0.717) is 13.1 Å². The second-order valence-electron chi connectivity index (χ2n) is 6.78. The highest BCUT2D eigenvalue weighted by molar-refractivity contribution is 7.89. The van der Waals surface area contributed by atoms with Crippen molar-refractivity contribution in [1.29, 1.82) is 0 Å². The van der Waals surface area contributed by atoms with Crippen molar-refractivity contribution >= 4 is 27.3 Å². The number of methoxy groups -OCH3 is 1. The van der Waals surface area contributed by atoms with Gasteiger partial charge in [0, 0.05) is 19.3 Å². The van der Waals surface area contributed by atoms with Gasteiger partial charge >= 0.3 is 5.69 Å². The van der Waals surface area contributed by atoms with E-state index < -0.39 is 20.9 Å². The number of nitrogens with one attached hydrogen (secondary N) is 1. The molecule has 0 radical (unpaired) electrons. The van der Waals surface area contributed by atoms with Gasteiger partial charge in [-0.05, 0) is 37.1 Å². The molecule has 11 heteroatoms. The summed E-state index contributed by atoms with van der Waals surface area (Å²) in [5.74, 6) is -0.576. The van der Waals surface area contributed by atoms with Gasteiger partial charge in [-0.25, -0.2) is 8.42 Å².